The molecule has 0 saturated carbocycles. The number of likely N-dealkylation sites (N-methyl/N-ethyl adjacent to an activating group) is 2. The molecule has 12 rings (SSSR count). The molecule has 12 aromatic rings. The zero-order chi connectivity index (χ0) is 85.8. The summed E-state index contributed by atoms with van der Waals surface area (Å²) in [5.74, 6) is 0. The highest BCUT2D eigenvalue weighted by atomic mass is 32.2. The van der Waals surface area contributed by atoms with Gasteiger partial charge >= 0.3 is 12.2 Å². The van der Waals surface area contributed by atoms with E-state index in [1.807, 2.05) is 298 Å². The third kappa shape index (κ3) is 22.3. The number of hydrogen-bond acceptors (Lipinski definition) is 12. The van der Waals surface area contributed by atoms with Crippen molar-refractivity contribution < 1.29 is 52.7 Å². The fourth-order valence-corrected chi connectivity index (χ4v) is 22.7. The highest BCUT2D eigenvalue weighted by Crippen LogP contribution is 2.34. The van der Waals surface area contributed by atoms with Crippen molar-refractivity contribution in [1.29, 1.82) is 0 Å². The van der Waals surface area contributed by atoms with Gasteiger partial charge in [0.25, 0.3) is 0 Å². The van der Waals surface area contributed by atoms with E-state index in [-0.39, 0.29) is 31.6 Å². The number of hydrogen-bond donors (Lipinski definition) is 4. The summed E-state index contributed by atoms with van der Waals surface area (Å²) < 4.78 is 128. The fourth-order valence-electron chi connectivity index (χ4n) is 15.7. The zero-order valence-electron chi connectivity index (χ0n) is 71.6. The molecule has 4 aromatic heterocycles. The van der Waals surface area contributed by atoms with Gasteiger partial charge < -0.3 is 19.4 Å². The average Bonchev–Trinajstić information content (AvgIpc) is 1.71. The van der Waals surface area contributed by atoms with Crippen LogP contribution in [0.1, 0.15) is 166 Å². The number of aryl methyl sites for hydroxylation is 12. The normalized spacial score (nSPS) is 13.3. The second-order valence-electron chi connectivity index (χ2n) is 33.3. The van der Waals surface area contributed by atoms with Crippen LogP contribution in [-0.2, 0) is 75.3 Å². The SMILES string of the molecule is C.Cc1cc(C)c(S(=O)(=O)N(C)C(C)Cc2c[nH]c3ccccc23)c(C)c1.Cc1cc(C)c(S(=O)(=O)N(C)C(C)Cc2cn(C(=O)OC(C)(C)C)c3ccccc23)c(C)c1.Cc1cc(C)c(S(=O)(=O)NC(C)Cc2c[nH]c3ccccc23)c(C)c1.Cc1cc(C)c(S(=O)(=O)NC(C)Cc2cn(C(=O)OC(C)(C)C)c3ccccc23)c(C)c1. The third-order valence-corrected chi connectivity index (χ3v) is 28.7. The summed E-state index contributed by atoms with van der Waals surface area (Å²) in [7, 11) is -11.2. The van der Waals surface area contributed by atoms with Crippen LogP contribution in [0.5, 0.6) is 0 Å². The van der Waals surface area contributed by atoms with Gasteiger partial charge in [-0.15, -0.1) is 0 Å². The van der Waals surface area contributed by atoms with Crippen molar-refractivity contribution in [3.63, 3.8) is 0 Å². The highest BCUT2D eigenvalue weighted by Gasteiger charge is 2.33. The molecule has 0 bridgehead atoms. The van der Waals surface area contributed by atoms with E-state index < -0.39 is 63.5 Å². The second-order valence-corrected chi connectivity index (χ2v) is 40.4. The summed E-state index contributed by atoms with van der Waals surface area (Å²) in [4.78, 5) is 33.5. The lowest BCUT2D eigenvalue weighted by Crippen LogP contribution is -2.37. The highest BCUT2D eigenvalue weighted by molar-refractivity contribution is 7.90. The number of H-pyrrole nitrogens is 2. The molecule has 4 atom stereocenters. The van der Waals surface area contributed by atoms with Gasteiger partial charge in [-0.05, 0) is 269 Å². The van der Waals surface area contributed by atoms with Crippen molar-refractivity contribution in [2.75, 3.05) is 14.1 Å². The molecule has 24 heteroatoms. The quantitative estimate of drug-likeness (QED) is 0.0555. The van der Waals surface area contributed by atoms with E-state index in [9.17, 15) is 43.3 Å². The minimum Gasteiger partial charge on any atom is -0.443 e. The predicted molar refractivity (Wildman–Crippen MR) is 476 cm³/mol. The van der Waals surface area contributed by atoms with Gasteiger partial charge in [0, 0.05) is 95.6 Å². The van der Waals surface area contributed by atoms with Gasteiger partial charge in [0.1, 0.15) is 11.2 Å². The molecule has 628 valence electrons. The van der Waals surface area contributed by atoms with E-state index >= 15 is 0 Å². The Kier molecular flexibility index (Phi) is 29.6. The molecule has 0 saturated heterocycles. The summed E-state index contributed by atoms with van der Waals surface area (Å²) in [6.45, 7) is 41.1. The Balaban J connectivity index is 0.000000195. The van der Waals surface area contributed by atoms with E-state index in [1.54, 1.807) is 26.5 Å². The Morgan fingerprint density at radius 3 is 0.957 bits per heavy atom. The number of nitrogens with one attached hydrogen (secondary N) is 4. The lowest BCUT2D eigenvalue weighted by atomic mass is 10.1. The van der Waals surface area contributed by atoms with E-state index in [2.05, 4.69) is 31.5 Å². The Labute approximate surface area is 695 Å². The summed E-state index contributed by atoms with van der Waals surface area (Å²) in [5, 5.41) is 4.08. The minimum absolute atomic E-state index is 0. The van der Waals surface area contributed by atoms with Crippen molar-refractivity contribution >= 4 is 95.9 Å². The number of sulfonamides is 4. The number of rotatable bonds is 20. The number of nitrogens with zero attached hydrogens (tertiary/aromatic N) is 4. The molecule has 20 nitrogen and oxygen atoms in total. The maximum Gasteiger partial charge on any atom is 0.419 e. The molecule has 0 radical (unpaired) electrons. The number of ether oxygens (including phenoxy) is 2. The van der Waals surface area contributed by atoms with E-state index in [0.717, 1.165) is 133 Å². The molecule has 8 aromatic carbocycles. The van der Waals surface area contributed by atoms with Gasteiger partial charge in [0.05, 0.1) is 30.6 Å². The van der Waals surface area contributed by atoms with E-state index in [4.69, 9.17) is 9.47 Å². The maximum atomic E-state index is 13.5. The van der Waals surface area contributed by atoms with Crippen LogP contribution in [0.25, 0.3) is 43.6 Å². The smallest absolute Gasteiger partial charge is 0.419 e. The van der Waals surface area contributed by atoms with Crippen molar-refractivity contribution in [1.82, 2.24) is 37.2 Å². The number of benzene rings is 8. The van der Waals surface area contributed by atoms with E-state index in [1.165, 1.54) is 17.7 Å². The summed E-state index contributed by atoms with van der Waals surface area (Å²) in [5.41, 5.74) is 16.7. The van der Waals surface area contributed by atoms with Crippen molar-refractivity contribution in [3.05, 3.63) is 259 Å². The largest absolute Gasteiger partial charge is 0.443 e. The monoisotopic (exact) mass is 1670 g/mol. The number of aromatic amines is 2. The molecule has 0 fully saturated rings. The van der Waals surface area contributed by atoms with Crippen molar-refractivity contribution in [2.24, 2.45) is 0 Å². The maximum absolute atomic E-state index is 13.5. The Hall–Kier alpha value is -9.50. The number of aromatic nitrogens is 4. The number of para-hydroxylation sites is 4. The van der Waals surface area contributed by atoms with Gasteiger partial charge in [0.2, 0.25) is 40.1 Å². The Bertz CT molecular complexity index is 6030. The first kappa shape index (κ1) is 93.0. The first-order valence-corrected chi connectivity index (χ1v) is 44.9. The Morgan fingerprint density at radius 1 is 0.385 bits per heavy atom. The first-order chi connectivity index (χ1) is 54.0. The van der Waals surface area contributed by atoms with E-state index in [0.29, 0.717) is 45.3 Å². The van der Waals surface area contributed by atoms with Crippen LogP contribution in [0.3, 0.4) is 0 Å². The van der Waals surface area contributed by atoms with Gasteiger partial charge in [-0.2, -0.15) is 8.61 Å². The molecule has 0 aliphatic heterocycles. The molecule has 4 heterocycles. The van der Waals surface area contributed by atoms with Gasteiger partial charge in [-0.1, -0.05) is 151 Å². The second kappa shape index (κ2) is 37.2. The van der Waals surface area contributed by atoms with Crippen LogP contribution < -0.4 is 9.44 Å². The summed E-state index contributed by atoms with van der Waals surface area (Å²) in [6, 6.07) is 45.5. The average molecular weight is 1670 g/mol. The number of carbonyl (C=O) groups excluding carboxylic acids is 2. The van der Waals surface area contributed by atoms with Gasteiger partial charge in [-0.25, -0.2) is 52.7 Å². The molecule has 0 aliphatic carbocycles. The Morgan fingerprint density at radius 2 is 0.641 bits per heavy atom. The summed E-state index contributed by atoms with van der Waals surface area (Å²) >= 11 is 0. The predicted octanol–water partition coefficient (Wildman–Crippen LogP) is 19.8. The van der Waals surface area contributed by atoms with Crippen LogP contribution in [0.2, 0.25) is 0 Å². The minimum atomic E-state index is -3.69. The molecular formula is C93H120N8O12S4. The van der Waals surface area contributed by atoms with Crippen LogP contribution >= 0.6 is 0 Å². The molecule has 0 spiro atoms. The molecule has 117 heavy (non-hydrogen) atoms. The van der Waals surface area contributed by atoms with Crippen molar-refractivity contribution in [3.8, 4) is 0 Å². The zero-order valence-corrected chi connectivity index (χ0v) is 74.9. The first-order valence-electron chi connectivity index (χ1n) is 39.1. The number of carbonyl (C=O) groups is 2. The topological polar surface area (TPSA) is 261 Å². The van der Waals surface area contributed by atoms with Gasteiger partial charge in [0.15, 0.2) is 0 Å². The number of fused-ring (bicyclic) bond motifs is 4. The van der Waals surface area contributed by atoms with Gasteiger partial charge in [-0.3, -0.25) is 9.13 Å². The molecule has 0 amide bonds. The third-order valence-electron chi connectivity index (χ3n) is 20.4. The lowest BCUT2D eigenvalue weighted by molar-refractivity contribution is 0.0533. The molecular weight excluding hydrogens is 1550 g/mol. The molecule has 4 N–H and O–H groups in total. The molecule has 0 aliphatic rings. The van der Waals surface area contributed by atoms with Crippen LogP contribution in [0.15, 0.2) is 190 Å². The van der Waals surface area contributed by atoms with Crippen LogP contribution in [0, 0.1) is 83.1 Å². The molecule has 4 unspecified atom stereocenters. The fraction of sp³-hybridized carbons (Fsp3) is 0.376. The van der Waals surface area contributed by atoms with Crippen LogP contribution in [0.4, 0.5) is 9.59 Å². The standard InChI is InChI=1S/C26H34N2O4S.C25H32N2O4S.C21H26N2O2S.C20H24N2O2S.CH4/c1-17-13-18(2)24(19(3)14-17)33(30,31)27(8)20(4)15-21-16-28(25(29)32-26(5,6)7)23-12-10-9-11-22(21)23;1-16-12-17(2)23(18(3)13-16)32(29,30)26-19(4)14-20-15-27(24(28)31-25(5,6)7)22-11-9-8-10-21(20)22;1-14-10-15(2)21(16(3)11-14)26(24,25)23(5)17(4)12-18-13-22-20-9-7-6-8-19(18)20;1-13-9-14(2)20(15(3)10-13)25(23,24)22-16(4)11-17-12-21-19-8-6-5-7-18(17)19;/h9-14,16,20H,15H2,1-8H3;8-13,15,19,26H,14H2,1-7H3;6-11,13,17,22H,12H2,1-5H3;5-10,12,16,21-22H,11H2,1-4H3;1H4. The van der Waals surface area contributed by atoms with Crippen LogP contribution in [-0.4, -0.2) is 123 Å². The van der Waals surface area contributed by atoms with Crippen molar-refractivity contribution in [2.45, 2.75) is 240 Å². The lowest BCUT2D eigenvalue weighted by Gasteiger charge is -2.26. The summed E-state index contributed by atoms with van der Waals surface area (Å²) in [6.07, 6.45) is 8.70.